The molecule has 0 spiro atoms. The normalized spacial score (nSPS) is 10.2. The van der Waals surface area contributed by atoms with Crippen molar-refractivity contribution in [3.05, 3.63) is 29.1 Å². The van der Waals surface area contributed by atoms with Gasteiger partial charge in [-0.15, -0.1) is 0 Å². The van der Waals surface area contributed by atoms with Gasteiger partial charge in [0.2, 0.25) is 0 Å². The van der Waals surface area contributed by atoms with E-state index in [9.17, 15) is 4.39 Å². The first-order valence-electron chi connectivity index (χ1n) is 3.66. The van der Waals surface area contributed by atoms with Gasteiger partial charge in [0.05, 0.1) is 0 Å². The molecular formula is C8H12FN3. The predicted octanol–water partition coefficient (Wildman–Crippen LogP) is 0.325. The van der Waals surface area contributed by atoms with E-state index in [4.69, 9.17) is 17.2 Å². The van der Waals surface area contributed by atoms with Crippen LogP contribution in [0.5, 0.6) is 0 Å². The summed E-state index contributed by atoms with van der Waals surface area (Å²) < 4.78 is 13.2. The minimum atomic E-state index is -0.339. The first-order chi connectivity index (χ1) is 5.69. The minimum absolute atomic E-state index is 0.143. The second kappa shape index (κ2) is 3.51. The SMILES string of the molecule is NCc1cc(N)cc(CN)c1F. The van der Waals surface area contributed by atoms with E-state index in [-0.39, 0.29) is 18.9 Å². The third-order valence-corrected chi connectivity index (χ3v) is 1.69. The van der Waals surface area contributed by atoms with Crippen LogP contribution in [0.15, 0.2) is 12.1 Å². The number of nitrogen functional groups attached to an aromatic ring is 1. The number of halogens is 1. The Labute approximate surface area is 70.3 Å². The third kappa shape index (κ3) is 1.54. The van der Waals surface area contributed by atoms with Crippen molar-refractivity contribution >= 4 is 5.69 Å². The van der Waals surface area contributed by atoms with Crippen LogP contribution < -0.4 is 17.2 Å². The van der Waals surface area contributed by atoms with E-state index < -0.39 is 0 Å². The molecular weight excluding hydrogens is 157 g/mol. The van der Waals surface area contributed by atoms with Gasteiger partial charge in [-0.05, 0) is 12.1 Å². The molecule has 4 heteroatoms. The fraction of sp³-hybridized carbons (Fsp3) is 0.250. The Balaban J connectivity index is 3.22. The van der Waals surface area contributed by atoms with Crippen LogP contribution in [0.3, 0.4) is 0 Å². The molecule has 0 radical (unpaired) electrons. The maximum atomic E-state index is 13.2. The number of anilines is 1. The summed E-state index contributed by atoms with van der Waals surface area (Å²) in [7, 11) is 0. The van der Waals surface area contributed by atoms with Gasteiger partial charge >= 0.3 is 0 Å². The summed E-state index contributed by atoms with van der Waals surface area (Å²) in [6.07, 6.45) is 0. The van der Waals surface area contributed by atoms with E-state index in [1.807, 2.05) is 0 Å². The van der Waals surface area contributed by atoms with Crippen molar-refractivity contribution in [3.8, 4) is 0 Å². The Morgan fingerprint density at radius 1 is 1.08 bits per heavy atom. The van der Waals surface area contributed by atoms with E-state index in [1.165, 1.54) is 12.1 Å². The van der Waals surface area contributed by atoms with Gasteiger partial charge in [-0.3, -0.25) is 0 Å². The Morgan fingerprint density at radius 2 is 1.50 bits per heavy atom. The molecule has 0 saturated carbocycles. The van der Waals surface area contributed by atoms with Crippen LogP contribution in [0.2, 0.25) is 0 Å². The Bertz CT molecular complexity index is 261. The van der Waals surface area contributed by atoms with Crippen molar-refractivity contribution in [2.24, 2.45) is 11.5 Å². The second-order valence-corrected chi connectivity index (χ2v) is 2.56. The predicted molar refractivity (Wildman–Crippen MR) is 46.6 cm³/mol. The molecule has 66 valence electrons. The maximum Gasteiger partial charge on any atom is 0.132 e. The lowest BCUT2D eigenvalue weighted by molar-refractivity contribution is 0.594. The third-order valence-electron chi connectivity index (χ3n) is 1.69. The Kier molecular flexibility index (Phi) is 2.62. The van der Waals surface area contributed by atoms with Crippen LogP contribution in [0.4, 0.5) is 10.1 Å². The number of hydrogen-bond donors (Lipinski definition) is 3. The summed E-state index contributed by atoms with van der Waals surface area (Å²) in [6.45, 7) is 0.285. The van der Waals surface area contributed by atoms with Gasteiger partial charge in [-0.2, -0.15) is 0 Å². The van der Waals surface area contributed by atoms with Crippen molar-refractivity contribution in [3.63, 3.8) is 0 Å². The van der Waals surface area contributed by atoms with Crippen LogP contribution >= 0.6 is 0 Å². The average Bonchev–Trinajstić information content (AvgIpc) is 2.08. The molecule has 0 amide bonds. The van der Waals surface area contributed by atoms with Crippen LogP contribution in [0.25, 0.3) is 0 Å². The van der Waals surface area contributed by atoms with Crippen molar-refractivity contribution in [2.75, 3.05) is 5.73 Å². The summed E-state index contributed by atoms with van der Waals surface area (Å²) in [5.41, 5.74) is 17.4. The molecule has 3 nitrogen and oxygen atoms in total. The zero-order valence-electron chi connectivity index (χ0n) is 6.68. The molecule has 0 aromatic heterocycles. The Morgan fingerprint density at radius 3 is 1.83 bits per heavy atom. The second-order valence-electron chi connectivity index (χ2n) is 2.56. The molecule has 0 heterocycles. The van der Waals surface area contributed by atoms with Gasteiger partial charge in [0, 0.05) is 29.9 Å². The van der Waals surface area contributed by atoms with E-state index in [2.05, 4.69) is 0 Å². The average molecular weight is 169 g/mol. The summed E-state index contributed by atoms with van der Waals surface area (Å²) in [6, 6.07) is 3.04. The van der Waals surface area contributed by atoms with Gasteiger partial charge in [-0.1, -0.05) is 0 Å². The van der Waals surface area contributed by atoms with Gasteiger partial charge in [0.25, 0.3) is 0 Å². The number of rotatable bonds is 2. The highest BCUT2D eigenvalue weighted by molar-refractivity contribution is 5.45. The van der Waals surface area contributed by atoms with Crippen molar-refractivity contribution in [1.82, 2.24) is 0 Å². The van der Waals surface area contributed by atoms with E-state index in [0.29, 0.717) is 16.8 Å². The minimum Gasteiger partial charge on any atom is -0.399 e. The first kappa shape index (κ1) is 8.96. The smallest absolute Gasteiger partial charge is 0.132 e. The van der Waals surface area contributed by atoms with Crippen LogP contribution in [-0.4, -0.2) is 0 Å². The van der Waals surface area contributed by atoms with E-state index in [1.54, 1.807) is 0 Å². The largest absolute Gasteiger partial charge is 0.399 e. The molecule has 0 bridgehead atoms. The highest BCUT2D eigenvalue weighted by Crippen LogP contribution is 2.16. The van der Waals surface area contributed by atoms with E-state index >= 15 is 0 Å². The monoisotopic (exact) mass is 169 g/mol. The lowest BCUT2D eigenvalue weighted by Gasteiger charge is -2.06. The molecule has 12 heavy (non-hydrogen) atoms. The molecule has 0 saturated heterocycles. The van der Waals surface area contributed by atoms with Gasteiger partial charge < -0.3 is 17.2 Å². The molecule has 0 atom stereocenters. The summed E-state index contributed by atoms with van der Waals surface area (Å²) in [4.78, 5) is 0. The van der Waals surface area contributed by atoms with Crippen molar-refractivity contribution in [2.45, 2.75) is 13.1 Å². The van der Waals surface area contributed by atoms with Gasteiger partial charge in [-0.25, -0.2) is 4.39 Å². The maximum absolute atomic E-state index is 13.2. The van der Waals surface area contributed by atoms with Crippen LogP contribution in [0.1, 0.15) is 11.1 Å². The lowest BCUT2D eigenvalue weighted by atomic mass is 10.1. The number of nitrogens with two attached hydrogens (primary N) is 3. The molecule has 1 rings (SSSR count). The van der Waals surface area contributed by atoms with Gasteiger partial charge in [0.1, 0.15) is 5.82 Å². The molecule has 0 unspecified atom stereocenters. The molecule has 0 aliphatic rings. The lowest BCUT2D eigenvalue weighted by Crippen LogP contribution is -2.07. The van der Waals surface area contributed by atoms with E-state index in [0.717, 1.165) is 0 Å². The standard InChI is InChI=1S/C8H12FN3/c9-8-5(3-10)1-7(12)2-6(8)4-11/h1-2H,3-4,10-12H2. The first-order valence-corrected chi connectivity index (χ1v) is 3.66. The molecule has 0 aliphatic carbocycles. The summed E-state index contributed by atoms with van der Waals surface area (Å²) >= 11 is 0. The quantitative estimate of drug-likeness (QED) is 0.558. The topological polar surface area (TPSA) is 78.1 Å². The zero-order valence-corrected chi connectivity index (χ0v) is 6.68. The van der Waals surface area contributed by atoms with Crippen LogP contribution in [0, 0.1) is 5.82 Å². The fourth-order valence-corrected chi connectivity index (χ4v) is 1.07. The summed E-state index contributed by atoms with van der Waals surface area (Å²) in [5.74, 6) is -0.339. The molecule has 0 aliphatic heterocycles. The highest BCUT2D eigenvalue weighted by Gasteiger charge is 2.06. The highest BCUT2D eigenvalue weighted by atomic mass is 19.1. The molecule has 1 aromatic rings. The van der Waals surface area contributed by atoms with Crippen molar-refractivity contribution in [1.29, 1.82) is 0 Å². The zero-order chi connectivity index (χ0) is 9.14. The van der Waals surface area contributed by atoms with Crippen molar-refractivity contribution < 1.29 is 4.39 Å². The van der Waals surface area contributed by atoms with Crippen LogP contribution in [-0.2, 0) is 13.1 Å². The molecule has 0 fully saturated rings. The number of hydrogen-bond acceptors (Lipinski definition) is 3. The van der Waals surface area contributed by atoms with Gasteiger partial charge in [0.15, 0.2) is 0 Å². The Hall–Kier alpha value is -1.13. The fourth-order valence-electron chi connectivity index (χ4n) is 1.07. The molecule has 1 aromatic carbocycles. The summed E-state index contributed by atoms with van der Waals surface area (Å²) in [5, 5.41) is 0. The number of benzene rings is 1. The molecule has 6 N–H and O–H groups in total.